The van der Waals surface area contributed by atoms with Crippen LogP contribution in [0.5, 0.6) is 0 Å². The molecule has 24 heavy (non-hydrogen) atoms. The Morgan fingerprint density at radius 2 is 1.79 bits per heavy atom. The Morgan fingerprint density at radius 1 is 1.04 bits per heavy atom. The molecule has 0 aliphatic carbocycles. The molecule has 0 aliphatic rings. The van der Waals surface area contributed by atoms with Crippen molar-refractivity contribution in [2.45, 2.75) is 13.8 Å². The average Bonchev–Trinajstić information content (AvgIpc) is 3.25. The van der Waals surface area contributed by atoms with E-state index in [9.17, 15) is 8.78 Å². The highest BCUT2D eigenvalue weighted by molar-refractivity contribution is 5.90. The van der Waals surface area contributed by atoms with Gasteiger partial charge in [0.15, 0.2) is 0 Å². The van der Waals surface area contributed by atoms with E-state index in [2.05, 4.69) is 20.1 Å². The van der Waals surface area contributed by atoms with Gasteiger partial charge in [-0.05, 0) is 24.3 Å². The molecule has 122 valence electrons. The monoisotopic (exact) mass is 328 g/mol. The van der Waals surface area contributed by atoms with Gasteiger partial charge in [-0.2, -0.15) is 4.98 Å². The number of nitrogens with zero attached hydrogens (tertiary/aromatic N) is 3. The first-order valence-electron chi connectivity index (χ1n) is 7.44. The van der Waals surface area contributed by atoms with Crippen molar-refractivity contribution < 1.29 is 13.3 Å². The summed E-state index contributed by atoms with van der Waals surface area (Å²) in [7, 11) is 0. The highest BCUT2D eigenvalue weighted by Gasteiger charge is 2.19. The van der Waals surface area contributed by atoms with E-state index in [-0.39, 0.29) is 17.3 Å². The van der Waals surface area contributed by atoms with Gasteiger partial charge >= 0.3 is 0 Å². The van der Waals surface area contributed by atoms with Gasteiger partial charge in [0.05, 0.1) is 0 Å². The lowest BCUT2D eigenvalue weighted by atomic mass is 10.1. The maximum Gasteiger partial charge on any atom is 0.264 e. The van der Waals surface area contributed by atoms with Gasteiger partial charge in [0, 0.05) is 23.3 Å². The SMILES string of the molecule is CC.Fc1cccc(F)c1-c1nc(-c2ccnc3[nH]ccc23)no1. The van der Waals surface area contributed by atoms with Crippen LogP contribution in [0.2, 0.25) is 0 Å². The third-order valence-electron chi connectivity index (χ3n) is 3.30. The van der Waals surface area contributed by atoms with E-state index in [1.165, 1.54) is 6.07 Å². The third kappa shape index (κ3) is 2.64. The van der Waals surface area contributed by atoms with Crippen LogP contribution in [0.4, 0.5) is 8.78 Å². The van der Waals surface area contributed by atoms with Crippen LogP contribution in [0, 0.1) is 11.6 Å². The van der Waals surface area contributed by atoms with Crippen molar-refractivity contribution in [3.8, 4) is 22.8 Å². The molecule has 4 rings (SSSR count). The van der Waals surface area contributed by atoms with Crippen LogP contribution < -0.4 is 0 Å². The number of H-pyrrole nitrogens is 1. The van der Waals surface area contributed by atoms with Gasteiger partial charge in [0.2, 0.25) is 5.82 Å². The van der Waals surface area contributed by atoms with Crippen LogP contribution in [0.15, 0.2) is 47.2 Å². The van der Waals surface area contributed by atoms with Crippen molar-refractivity contribution in [3.05, 3.63) is 54.4 Å². The summed E-state index contributed by atoms with van der Waals surface area (Å²) in [5, 5.41) is 4.61. The minimum atomic E-state index is -0.753. The molecular formula is C17H14F2N4O. The number of hydrogen-bond acceptors (Lipinski definition) is 4. The average molecular weight is 328 g/mol. The molecule has 0 bridgehead atoms. The Labute approximate surface area is 136 Å². The number of rotatable bonds is 2. The molecule has 0 saturated heterocycles. The van der Waals surface area contributed by atoms with E-state index in [1.54, 1.807) is 18.5 Å². The highest BCUT2D eigenvalue weighted by Crippen LogP contribution is 2.29. The quantitative estimate of drug-likeness (QED) is 0.584. The van der Waals surface area contributed by atoms with Crippen LogP contribution in [0.25, 0.3) is 33.9 Å². The van der Waals surface area contributed by atoms with Crippen molar-refractivity contribution in [1.82, 2.24) is 20.1 Å². The summed E-state index contributed by atoms with van der Waals surface area (Å²) in [4.78, 5) is 11.2. The topological polar surface area (TPSA) is 67.6 Å². The summed E-state index contributed by atoms with van der Waals surface area (Å²) in [6, 6.07) is 7.08. The van der Waals surface area contributed by atoms with Crippen LogP contribution in [0.3, 0.4) is 0 Å². The van der Waals surface area contributed by atoms with Crippen molar-refractivity contribution >= 4 is 11.0 Å². The third-order valence-corrected chi connectivity index (χ3v) is 3.30. The second-order valence-electron chi connectivity index (χ2n) is 4.62. The van der Waals surface area contributed by atoms with Crippen LogP contribution in [0.1, 0.15) is 13.8 Å². The first-order chi connectivity index (χ1) is 11.7. The summed E-state index contributed by atoms with van der Waals surface area (Å²) < 4.78 is 32.6. The second kappa shape index (κ2) is 6.57. The molecular weight excluding hydrogens is 314 g/mol. The Morgan fingerprint density at radius 3 is 2.54 bits per heavy atom. The molecule has 0 radical (unpaired) electrons. The minimum Gasteiger partial charge on any atom is -0.346 e. The number of fused-ring (bicyclic) bond motifs is 1. The number of aromatic nitrogens is 4. The lowest BCUT2D eigenvalue weighted by molar-refractivity contribution is 0.426. The number of nitrogens with one attached hydrogen (secondary N) is 1. The predicted molar refractivity (Wildman–Crippen MR) is 86.1 cm³/mol. The fourth-order valence-electron chi connectivity index (χ4n) is 2.29. The summed E-state index contributed by atoms with van der Waals surface area (Å²) in [6.07, 6.45) is 3.33. The Balaban J connectivity index is 0.000000815. The van der Waals surface area contributed by atoms with Gasteiger partial charge in [-0.1, -0.05) is 25.1 Å². The zero-order chi connectivity index (χ0) is 17.1. The number of benzene rings is 1. The molecule has 0 spiro atoms. The van der Waals surface area contributed by atoms with Crippen LogP contribution in [-0.4, -0.2) is 20.1 Å². The highest BCUT2D eigenvalue weighted by atomic mass is 19.1. The normalized spacial score (nSPS) is 10.5. The van der Waals surface area contributed by atoms with E-state index in [4.69, 9.17) is 4.52 Å². The summed E-state index contributed by atoms with van der Waals surface area (Å²) >= 11 is 0. The zero-order valence-electron chi connectivity index (χ0n) is 13.0. The van der Waals surface area contributed by atoms with E-state index in [1.807, 2.05) is 19.9 Å². The Bertz CT molecular complexity index is 957. The maximum atomic E-state index is 13.8. The lowest BCUT2D eigenvalue weighted by Gasteiger charge is -1.98. The molecule has 5 nitrogen and oxygen atoms in total. The second-order valence-corrected chi connectivity index (χ2v) is 4.62. The predicted octanol–water partition coefficient (Wildman–Crippen LogP) is 4.58. The molecule has 3 aromatic heterocycles. The summed E-state index contributed by atoms with van der Waals surface area (Å²) in [5.74, 6) is -1.47. The summed E-state index contributed by atoms with van der Waals surface area (Å²) in [6.45, 7) is 4.00. The molecule has 1 aromatic carbocycles. The van der Waals surface area contributed by atoms with Crippen molar-refractivity contribution in [2.24, 2.45) is 0 Å². The fraction of sp³-hybridized carbons (Fsp3) is 0.118. The number of hydrogen-bond donors (Lipinski definition) is 1. The molecule has 0 saturated carbocycles. The van der Waals surface area contributed by atoms with E-state index in [0.29, 0.717) is 11.2 Å². The molecule has 4 aromatic rings. The number of halogens is 2. The van der Waals surface area contributed by atoms with Crippen molar-refractivity contribution in [3.63, 3.8) is 0 Å². The van der Waals surface area contributed by atoms with Gasteiger partial charge in [0.25, 0.3) is 5.89 Å². The van der Waals surface area contributed by atoms with Crippen LogP contribution in [-0.2, 0) is 0 Å². The fourth-order valence-corrected chi connectivity index (χ4v) is 2.29. The molecule has 1 N–H and O–H groups in total. The smallest absolute Gasteiger partial charge is 0.264 e. The first-order valence-corrected chi connectivity index (χ1v) is 7.44. The Kier molecular flexibility index (Phi) is 4.33. The lowest BCUT2D eigenvalue weighted by Crippen LogP contribution is -1.90. The Hall–Kier alpha value is -3.09. The van der Waals surface area contributed by atoms with Gasteiger partial charge in [-0.3, -0.25) is 0 Å². The van der Waals surface area contributed by atoms with Crippen molar-refractivity contribution in [2.75, 3.05) is 0 Å². The zero-order valence-corrected chi connectivity index (χ0v) is 13.0. The standard InChI is InChI=1S/C15H8F2N4O.C2H6/c16-10-2-1-3-11(17)12(10)15-20-14(21-22-15)9-5-7-19-13-8(9)4-6-18-13;1-2/h1-7H,(H,18,19);1-2H3. The molecule has 0 amide bonds. The molecule has 7 heteroatoms. The number of pyridine rings is 1. The van der Waals surface area contributed by atoms with Gasteiger partial charge in [0.1, 0.15) is 22.8 Å². The molecule has 3 heterocycles. The van der Waals surface area contributed by atoms with E-state index in [0.717, 1.165) is 17.5 Å². The number of aromatic amines is 1. The summed E-state index contributed by atoms with van der Waals surface area (Å²) in [5.41, 5.74) is 1.000. The molecule has 0 unspecified atom stereocenters. The minimum absolute atomic E-state index is 0.203. The van der Waals surface area contributed by atoms with E-state index >= 15 is 0 Å². The first kappa shape index (κ1) is 15.8. The molecule has 0 atom stereocenters. The van der Waals surface area contributed by atoms with Gasteiger partial charge in [-0.15, -0.1) is 0 Å². The van der Waals surface area contributed by atoms with E-state index < -0.39 is 11.6 Å². The van der Waals surface area contributed by atoms with Crippen molar-refractivity contribution in [1.29, 1.82) is 0 Å². The largest absolute Gasteiger partial charge is 0.346 e. The molecule has 0 aliphatic heterocycles. The van der Waals surface area contributed by atoms with Crippen LogP contribution >= 0.6 is 0 Å². The van der Waals surface area contributed by atoms with Gasteiger partial charge in [-0.25, -0.2) is 13.8 Å². The van der Waals surface area contributed by atoms with Gasteiger partial charge < -0.3 is 9.51 Å². The molecule has 0 fully saturated rings. The maximum absolute atomic E-state index is 13.8.